The van der Waals surface area contributed by atoms with Crippen molar-refractivity contribution in [2.75, 3.05) is 19.8 Å². The van der Waals surface area contributed by atoms with Crippen LogP contribution in [0.5, 0.6) is 0 Å². The minimum Gasteiger partial charge on any atom is -0.437 e. The molecule has 0 spiro atoms. The average molecular weight is 344 g/mol. The van der Waals surface area contributed by atoms with Crippen molar-refractivity contribution in [3.05, 3.63) is 0 Å². The summed E-state index contributed by atoms with van der Waals surface area (Å²) in [7, 11) is 0.705. The molecule has 0 rings (SSSR count). The van der Waals surface area contributed by atoms with Gasteiger partial charge in [0.1, 0.15) is 6.04 Å². The molecule has 130 valence electrons. The van der Waals surface area contributed by atoms with E-state index in [2.05, 4.69) is 15.5 Å². The Balaban J connectivity index is 5.23. The first-order valence-electron chi connectivity index (χ1n) is 7.34. The molecule has 10 heteroatoms. The van der Waals surface area contributed by atoms with E-state index < -0.39 is 19.0 Å². The van der Waals surface area contributed by atoms with Crippen molar-refractivity contribution in [3.63, 3.8) is 0 Å². The molecule has 0 aliphatic rings. The molecule has 0 aromatic rings. The minimum atomic E-state index is -0.862. The molecule has 0 aromatic heterocycles. The zero-order chi connectivity index (χ0) is 18.0. The highest BCUT2D eigenvalue weighted by Gasteiger charge is 2.27. The summed E-state index contributed by atoms with van der Waals surface area (Å²) in [6, 6.07) is -0.862. The van der Waals surface area contributed by atoms with Crippen molar-refractivity contribution >= 4 is 41.7 Å². The molecule has 3 amide bonds. The smallest absolute Gasteiger partial charge is 0.373 e. The molecule has 0 radical (unpaired) electrons. The van der Waals surface area contributed by atoms with E-state index in [0.29, 0.717) is 12.8 Å². The highest BCUT2D eigenvalue weighted by molar-refractivity contribution is 8.13. The number of rotatable bonds is 7. The molecule has 23 heavy (non-hydrogen) atoms. The topological polar surface area (TPSA) is 111 Å². The van der Waals surface area contributed by atoms with Gasteiger partial charge in [-0.2, -0.15) is 4.99 Å². The molecule has 3 N–H and O–H groups in total. The number of hydrogen-bond acceptors (Lipinski definition) is 6. The van der Waals surface area contributed by atoms with Gasteiger partial charge in [0.2, 0.25) is 11.8 Å². The van der Waals surface area contributed by atoms with Gasteiger partial charge in [-0.1, -0.05) is 18.7 Å². The number of carbonyl (C=O) groups is 3. The zero-order valence-electron chi connectivity index (χ0n) is 14.3. The van der Waals surface area contributed by atoms with E-state index in [1.54, 1.807) is 6.26 Å². The normalized spacial score (nSPS) is 12.5. The van der Waals surface area contributed by atoms with Crippen LogP contribution in [0.4, 0.5) is 0 Å². The van der Waals surface area contributed by atoms with Crippen LogP contribution < -0.4 is 10.5 Å². The molecule has 0 saturated carbocycles. The molecular formula is C13H25BN4O4S. The molecule has 0 fully saturated rings. The molecule has 0 saturated heterocycles. The third kappa shape index (κ3) is 8.72. The van der Waals surface area contributed by atoms with Gasteiger partial charge < -0.3 is 20.5 Å². The maximum Gasteiger partial charge on any atom is 0.373 e. The number of nitrogens with zero attached hydrogens (tertiary/aromatic N) is 2. The number of amides is 3. The van der Waals surface area contributed by atoms with Gasteiger partial charge in [-0.15, -0.1) is 0 Å². The monoisotopic (exact) mass is 344 g/mol. The molecule has 0 aliphatic heterocycles. The van der Waals surface area contributed by atoms with Crippen LogP contribution in [0.3, 0.4) is 0 Å². The third-order valence-electron chi connectivity index (χ3n) is 2.90. The average Bonchev–Trinajstić information content (AvgIpc) is 2.45. The number of carbonyl (C=O) groups excluding carboxylic acids is 3. The first-order chi connectivity index (χ1) is 10.7. The summed E-state index contributed by atoms with van der Waals surface area (Å²) >= 11 is 1.12. The summed E-state index contributed by atoms with van der Waals surface area (Å²) in [6.45, 7) is 4.77. The maximum absolute atomic E-state index is 12.4. The van der Waals surface area contributed by atoms with E-state index in [9.17, 15) is 19.4 Å². The third-order valence-corrected chi connectivity index (χ3v) is 3.48. The molecule has 1 unspecified atom stereocenters. The van der Waals surface area contributed by atoms with Gasteiger partial charge in [-0.25, -0.2) is 0 Å². The lowest BCUT2D eigenvalue weighted by atomic mass is 9.88. The van der Waals surface area contributed by atoms with Crippen LogP contribution in [0.2, 0.25) is 6.82 Å². The van der Waals surface area contributed by atoms with Crippen LogP contribution in [0.25, 0.3) is 0 Å². The van der Waals surface area contributed by atoms with Crippen LogP contribution in [-0.4, -0.2) is 65.8 Å². The summed E-state index contributed by atoms with van der Waals surface area (Å²) in [6.07, 6.45) is 2.66. The summed E-state index contributed by atoms with van der Waals surface area (Å²) in [5.41, 5.74) is 0. The predicted molar refractivity (Wildman–Crippen MR) is 93.1 cm³/mol. The van der Waals surface area contributed by atoms with Crippen LogP contribution in [0.15, 0.2) is 4.99 Å². The van der Waals surface area contributed by atoms with Gasteiger partial charge in [-0.3, -0.25) is 14.4 Å². The number of hydrogen-bond donors (Lipinski definition) is 3. The highest BCUT2D eigenvalue weighted by Crippen LogP contribution is 2.06. The Morgan fingerprint density at radius 2 is 2.00 bits per heavy atom. The van der Waals surface area contributed by atoms with Crippen molar-refractivity contribution in [1.82, 2.24) is 15.4 Å². The number of amidine groups is 1. The molecule has 0 bridgehead atoms. The van der Waals surface area contributed by atoms with Gasteiger partial charge in [0.05, 0.1) is 0 Å². The van der Waals surface area contributed by atoms with Gasteiger partial charge >= 0.3 is 7.05 Å². The molecule has 0 heterocycles. The van der Waals surface area contributed by atoms with Gasteiger partial charge in [0.25, 0.3) is 5.91 Å². The second-order valence-electron chi connectivity index (χ2n) is 5.00. The number of nitrogens with one attached hydrogen (secondary N) is 2. The van der Waals surface area contributed by atoms with Crippen LogP contribution in [-0.2, 0) is 14.4 Å². The number of thioether (sulfide) groups is 1. The van der Waals surface area contributed by atoms with E-state index in [-0.39, 0.29) is 23.5 Å². The molecular weight excluding hydrogens is 319 g/mol. The number of aliphatic imine (C=N–C) groups is 1. The maximum atomic E-state index is 12.4. The van der Waals surface area contributed by atoms with Gasteiger partial charge in [-0.05, 0) is 19.5 Å². The lowest BCUT2D eigenvalue weighted by Gasteiger charge is -2.26. The van der Waals surface area contributed by atoms with E-state index in [4.69, 9.17) is 0 Å². The summed E-state index contributed by atoms with van der Waals surface area (Å²) in [4.78, 5) is 40.7. The SMILES string of the molecule is CCCC(=O)N(C)C(CNB(C)O)C(=O)N=C(NC(C)=O)SC. The summed E-state index contributed by atoms with van der Waals surface area (Å²) < 4.78 is 0. The Labute approximate surface area is 141 Å². The fourth-order valence-electron chi connectivity index (χ4n) is 1.69. The lowest BCUT2D eigenvalue weighted by Crippen LogP contribution is -2.50. The van der Waals surface area contributed by atoms with Crippen LogP contribution in [0, 0.1) is 0 Å². The van der Waals surface area contributed by atoms with E-state index in [0.717, 1.165) is 11.8 Å². The van der Waals surface area contributed by atoms with Crippen molar-refractivity contribution < 1.29 is 19.4 Å². The minimum absolute atomic E-state index is 0.0632. The largest absolute Gasteiger partial charge is 0.437 e. The molecule has 1 atom stereocenters. The summed E-state index contributed by atoms with van der Waals surface area (Å²) in [5.74, 6) is -1.08. The standard InChI is InChI=1S/C13H25BN4O4S/c1-6-7-11(20)18(4)10(8-15-14(3)22)12(21)17-13(23-5)16-9(2)19/h10,15,22H,6-8H2,1-5H3,(H,16,17,19,21). The van der Waals surface area contributed by atoms with E-state index >= 15 is 0 Å². The molecule has 8 nitrogen and oxygen atoms in total. The second kappa shape index (κ2) is 11.2. The zero-order valence-corrected chi connectivity index (χ0v) is 15.1. The Bertz CT molecular complexity index is 459. The van der Waals surface area contributed by atoms with Gasteiger partial charge in [0.15, 0.2) is 5.17 Å². The van der Waals surface area contributed by atoms with E-state index in [1.807, 2.05) is 6.92 Å². The highest BCUT2D eigenvalue weighted by atomic mass is 32.2. The Morgan fingerprint density at radius 3 is 2.43 bits per heavy atom. The molecule has 0 aliphatic carbocycles. The predicted octanol–water partition coefficient (Wildman–Crippen LogP) is -0.305. The Morgan fingerprint density at radius 1 is 1.39 bits per heavy atom. The Hall–Kier alpha value is -1.39. The van der Waals surface area contributed by atoms with Crippen molar-refractivity contribution in [2.45, 2.75) is 39.6 Å². The quantitative estimate of drug-likeness (QED) is 0.332. The lowest BCUT2D eigenvalue weighted by molar-refractivity contribution is -0.137. The fourth-order valence-corrected chi connectivity index (χ4v) is 2.11. The van der Waals surface area contributed by atoms with Crippen molar-refractivity contribution in [2.24, 2.45) is 4.99 Å². The van der Waals surface area contributed by atoms with Gasteiger partial charge in [0, 0.05) is 26.9 Å². The van der Waals surface area contributed by atoms with Crippen molar-refractivity contribution in [1.29, 1.82) is 0 Å². The molecule has 0 aromatic carbocycles. The fraction of sp³-hybridized carbons (Fsp3) is 0.692. The van der Waals surface area contributed by atoms with Crippen LogP contribution >= 0.6 is 11.8 Å². The first kappa shape index (κ1) is 21.6. The first-order valence-corrected chi connectivity index (χ1v) is 8.56. The van der Waals surface area contributed by atoms with Crippen LogP contribution in [0.1, 0.15) is 26.7 Å². The van der Waals surface area contributed by atoms with Crippen molar-refractivity contribution in [3.8, 4) is 0 Å². The van der Waals surface area contributed by atoms with E-state index in [1.165, 1.54) is 25.7 Å². The summed E-state index contributed by atoms with van der Waals surface area (Å²) in [5, 5.41) is 14.7. The second-order valence-corrected chi connectivity index (χ2v) is 5.79. The number of likely N-dealkylation sites (N-methyl/N-ethyl adjacent to an activating group) is 1. The Kier molecular flexibility index (Phi) is 10.5.